The molecule has 106 valence electrons. The zero-order valence-electron chi connectivity index (χ0n) is 12.4. The van der Waals surface area contributed by atoms with Crippen molar-refractivity contribution in [3.05, 3.63) is 35.5 Å². The predicted octanol–water partition coefficient (Wildman–Crippen LogP) is 3.76. The van der Waals surface area contributed by atoms with Crippen molar-refractivity contribution in [2.45, 2.75) is 45.1 Å². The highest BCUT2D eigenvalue weighted by Crippen LogP contribution is 2.34. The molecule has 1 unspecified atom stereocenters. The second-order valence-corrected chi connectivity index (χ2v) is 6.69. The van der Waals surface area contributed by atoms with Gasteiger partial charge in [0.2, 0.25) is 0 Å². The molecule has 2 aliphatic rings. The Balaban J connectivity index is 1.55. The van der Waals surface area contributed by atoms with Gasteiger partial charge in [0, 0.05) is 24.3 Å². The van der Waals surface area contributed by atoms with Gasteiger partial charge in [-0.1, -0.05) is 6.92 Å². The largest absolute Gasteiger partial charge is 0.361 e. The lowest BCUT2D eigenvalue weighted by molar-refractivity contribution is 0.193. The van der Waals surface area contributed by atoms with Crippen LogP contribution in [0.5, 0.6) is 0 Å². The monoisotopic (exact) mass is 268 g/mol. The van der Waals surface area contributed by atoms with Crippen molar-refractivity contribution in [1.29, 1.82) is 0 Å². The fourth-order valence-electron chi connectivity index (χ4n) is 3.75. The zero-order chi connectivity index (χ0) is 13.5. The number of aromatic nitrogens is 1. The van der Waals surface area contributed by atoms with Crippen molar-refractivity contribution in [2.24, 2.45) is 5.92 Å². The second kappa shape index (κ2) is 4.92. The smallest absolute Gasteiger partial charge is 0.0456 e. The van der Waals surface area contributed by atoms with Gasteiger partial charge in [0.25, 0.3) is 0 Å². The molecule has 0 saturated heterocycles. The Labute approximate surface area is 121 Å². The number of benzene rings is 1. The third-order valence-electron chi connectivity index (χ3n) is 5.00. The van der Waals surface area contributed by atoms with Crippen LogP contribution in [0.15, 0.2) is 24.4 Å². The normalized spacial score (nSPS) is 21.8. The van der Waals surface area contributed by atoms with Crippen LogP contribution in [-0.2, 0) is 12.8 Å². The van der Waals surface area contributed by atoms with E-state index < -0.39 is 0 Å². The van der Waals surface area contributed by atoms with Crippen molar-refractivity contribution >= 4 is 10.9 Å². The topological polar surface area (TPSA) is 19.0 Å². The molecule has 1 N–H and O–H groups in total. The molecule has 1 aromatic carbocycles. The Morgan fingerprint density at radius 3 is 2.75 bits per heavy atom. The second-order valence-electron chi connectivity index (χ2n) is 6.69. The molecule has 2 aliphatic carbocycles. The number of nitrogens with one attached hydrogen (secondary N) is 1. The average Bonchev–Trinajstić information content (AvgIpc) is 2.99. The molecule has 1 heterocycles. The van der Waals surface area contributed by atoms with Crippen LogP contribution in [0.3, 0.4) is 0 Å². The quantitative estimate of drug-likeness (QED) is 0.875. The Morgan fingerprint density at radius 1 is 1.20 bits per heavy atom. The van der Waals surface area contributed by atoms with Crippen molar-refractivity contribution in [2.75, 3.05) is 13.1 Å². The van der Waals surface area contributed by atoms with Gasteiger partial charge in [-0.15, -0.1) is 0 Å². The Hall–Kier alpha value is -1.28. The van der Waals surface area contributed by atoms with Gasteiger partial charge in [0.1, 0.15) is 0 Å². The maximum atomic E-state index is 3.35. The van der Waals surface area contributed by atoms with Crippen LogP contribution < -0.4 is 0 Å². The highest BCUT2D eigenvalue weighted by Gasteiger charge is 2.31. The number of hydrogen-bond donors (Lipinski definition) is 1. The third kappa shape index (κ3) is 2.26. The molecule has 1 saturated carbocycles. The van der Waals surface area contributed by atoms with E-state index in [0.717, 1.165) is 12.0 Å². The number of nitrogens with zero attached hydrogens (tertiary/aromatic N) is 1. The summed E-state index contributed by atoms with van der Waals surface area (Å²) in [5, 5.41) is 1.37. The van der Waals surface area contributed by atoms with Gasteiger partial charge in [-0.25, -0.2) is 0 Å². The molecule has 0 aliphatic heterocycles. The van der Waals surface area contributed by atoms with Crippen LogP contribution in [0.4, 0.5) is 0 Å². The third-order valence-corrected chi connectivity index (χ3v) is 5.00. The van der Waals surface area contributed by atoms with Crippen molar-refractivity contribution < 1.29 is 0 Å². The maximum absolute atomic E-state index is 3.35. The number of fused-ring (bicyclic) bond motifs is 2. The van der Waals surface area contributed by atoms with Crippen LogP contribution >= 0.6 is 0 Å². The Bertz CT molecular complexity index is 569. The summed E-state index contributed by atoms with van der Waals surface area (Å²) in [5.74, 6) is 1.000. The van der Waals surface area contributed by atoms with Gasteiger partial charge < -0.3 is 4.98 Å². The minimum absolute atomic E-state index is 0.747. The van der Waals surface area contributed by atoms with Crippen LogP contribution in [0.25, 0.3) is 10.9 Å². The minimum Gasteiger partial charge on any atom is -0.361 e. The molecule has 0 radical (unpaired) electrons. The highest BCUT2D eigenvalue weighted by atomic mass is 15.2. The van der Waals surface area contributed by atoms with Crippen LogP contribution in [-0.4, -0.2) is 29.0 Å². The lowest BCUT2D eigenvalue weighted by Gasteiger charge is -2.28. The molecule has 0 amide bonds. The first-order valence-electron chi connectivity index (χ1n) is 8.16. The van der Waals surface area contributed by atoms with Crippen LogP contribution in [0, 0.1) is 5.92 Å². The van der Waals surface area contributed by atoms with Gasteiger partial charge >= 0.3 is 0 Å². The van der Waals surface area contributed by atoms with Gasteiger partial charge in [-0.2, -0.15) is 0 Å². The molecule has 1 aromatic heterocycles. The lowest BCUT2D eigenvalue weighted by atomic mass is 10.1. The molecular formula is C18H24N2. The van der Waals surface area contributed by atoms with Gasteiger partial charge in [0.15, 0.2) is 0 Å². The van der Waals surface area contributed by atoms with E-state index in [1.807, 2.05) is 6.20 Å². The average molecular weight is 268 g/mol. The van der Waals surface area contributed by atoms with Crippen molar-refractivity contribution in [1.82, 2.24) is 9.88 Å². The first kappa shape index (κ1) is 12.5. The van der Waals surface area contributed by atoms with E-state index in [9.17, 15) is 0 Å². The van der Waals surface area contributed by atoms with E-state index in [0.29, 0.717) is 0 Å². The van der Waals surface area contributed by atoms with E-state index in [4.69, 9.17) is 0 Å². The number of hydrogen-bond acceptors (Lipinski definition) is 1. The molecule has 1 atom stereocenters. The highest BCUT2D eigenvalue weighted by molar-refractivity contribution is 5.81. The summed E-state index contributed by atoms with van der Waals surface area (Å²) in [4.78, 5) is 6.12. The van der Waals surface area contributed by atoms with Gasteiger partial charge in [-0.3, -0.25) is 4.90 Å². The van der Waals surface area contributed by atoms with Crippen LogP contribution in [0.1, 0.15) is 37.3 Å². The SMILES string of the molecule is CCCN(CC1CC1)C1Cc2cc3cc[nH]c3cc2C1. The molecular weight excluding hydrogens is 244 g/mol. The summed E-state index contributed by atoms with van der Waals surface area (Å²) in [7, 11) is 0. The molecule has 0 spiro atoms. The zero-order valence-corrected chi connectivity index (χ0v) is 12.4. The minimum atomic E-state index is 0.747. The van der Waals surface area contributed by atoms with Gasteiger partial charge in [-0.05, 0) is 79.3 Å². The Morgan fingerprint density at radius 2 is 2.00 bits per heavy atom. The van der Waals surface area contributed by atoms with E-state index in [1.165, 1.54) is 56.1 Å². The van der Waals surface area contributed by atoms with Gasteiger partial charge in [0.05, 0.1) is 0 Å². The summed E-state index contributed by atoms with van der Waals surface area (Å²) in [6, 6.07) is 7.72. The molecule has 2 nitrogen and oxygen atoms in total. The summed E-state index contributed by atoms with van der Waals surface area (Å²) in [6.07, 6.45) is 8.75. The van der Waals surface area contributed by atoms with Crippen molar-refractivity contribution in [3.8, 4) is 0 Å². The summed E-state index contributed by atoms with van der Waals surface area (Å²) >= 11 is 0. The number of aromatic amines is 1. The fraction of sp³-hybridized carbons (Fsp3) is 0.556. The molecule has 20 heavy (non-hydrogen) atoms. The maximum Gasteiger partial charge on any atom is 0.0456 e. The lowest BCUT2D eigenvalue weighted by Crippen LogP contribution is -2.38. The first-order valence-corrected chi connectivity index (χ1v) is 8.16. The number of H-pyrrole nitrogens is 1. The summed E-state index contributed by atoms with van der Waals surface area (Å²) < 4.78 is 0. The Kier molecular flexibility index (Phi) is 3.07. The molecule has 2 aromatic rings. The number of rotatable bonds is 5. The van der Waals surface area contributed by atoms with E-state index >= 15 is 0 Å². The van der Waals surface area contributed by atoms with Crippen LogP contribution in [0.2, 0.25) is 0 Å². The van der Waals surface area contributed by atoms with E-state index in [1.54, 1.807) is 11.1 Å². The summed E-state index contributed by atoms with van der Waals surface area (Å²) in [6.45, 7) is 4.92. The van der Waals surface area contributed by atoms with E-state index in [-0.39, 0.29) is 0 Å². The van der Waals surface area contributed by atoms with E-state index in [2.05, 4.69) is 35.0 Å². The fourth-order valence-corrected chi connectivity index (χ4v) is 3.75. The standard InChI is InChI=1S/C18H24N2/c1-2-7-20(12-13-3-4-13)17-9-15-8-14-5-6-19-18(14)11-16(15)10-17/h5-6,8,11,13,17,19H,2-4,7,9-10,12H2,1H3. The predicted molar refractivity (Wildman–Crippen MR) is 84.1 cm³/mol. The summed E-state index contributed by atoms with van der Waals surface area (Å²) in [5.41, 5.74) is 4.45. The first-order chi connectivity index (χ1) is 9.83. The molecule has 2 heteroatoms. The van der Waals surface area contributed by atoms with Crippen molar-refractivity contribution in [3.63, 3.8) is 0 Å². The molecule has 1 fully saturated rings. The molecule has 0 bridgehead atoms. The molecule has 4 rings (SSSR count).